The molecule has 5 rings (SSSR count). The van der Waals surface area contributed by atoms with Gasteiger partial charge in [0, 0.05) is 18.4 Å². The van der Waals surface area contributed by atoms with Crippen LogP contribution in [0.4, 0.5) is 0 Å². The van der Waals surface area contributed by atoms with Crippen molar-refractivity contribution in [1.82, 2.24) is 0 Å². The third kappa shape index (κ3) is 2.60. The second kappa shape index (κ2) is 6.43. The maximum absolute atomic E-state index is 12.9. The van der Waals surface area contributed by atoms with Crippen molar-refractivity contribution in [3.63, 3.8) is 0 Å². The standard InChI is InChI=1S/C22H20O8/c1-21-9-14(28-19(21)24)10-22(26)17(21)16(29-18(23)12-5-3-2-4-6-12)15(30-20(22)25)13-7-8-27-11-13/h2-8,11,14-17,26H,9-10H2,1H3/t14-,15-,16-,17+,21+,22-/m1/s1. The molecule has 3 heterocycles. The average molecular weight is 412 g/mol. The molecular formula is C22H20O8. The average Bonchev–Trinajstić information content (AvgIpc) is 3.32. The van der Waals surface area contributed by atoms with Gasteiger partial charge in [-0.05, 0) is 25.1 Å². The summed E-state index contributed by atoms with van der Waals surface area (Å²) in [6.07, 6.45) is 0.270. The number of ether oxygens (including phenoxy) is 3. The lowest BCUT2D eigenvalue weighted by Crippen LogP contribution is -2.66. The van der Waals surface area contributed by atoms with Gasteiger partial charge in [-0.1, -0.05) is 18.2 Å². The fraction of sp³-hybridized carbons (Fsp3) is 0.409. The van der Waals surface area contributed by atoms with Gasteiger partial charge in [-0.3, -0.25) is 4.79 Å². The lowest BCUT2D eigenvalue weighted by molar-refractivity contribution is -0.238. The molecule has 3 fully saturated rings. The van der Waals surface area contributed by atoms with E-state index < -0.39 is 53.2 Å². The SMILES string of the molecule is C[C@]12C[C@H](C[C@]3(O)C(=O)O[C@H](c4ccoc4)[C@@H](OC(=O)c4ccccc4)[C@@H]13)OC2=O. The Morgan fingerprint density at radius 3 is 2.57 bits per heavy atom. The molecule has 0 spiro atoms. The van der Waals surface area contributed by atoms with E-state index in [0.29, 0.717) is 17.5 Å². The van der Waals surface area contributed by atoms with Gasteiger partial charge < -0.3 is 23.7 Å². The van der Waals surface area contributed by atoms with Crippen LogP contribution in [0, 0.1) is 11.3 Å². The highest BCUT2D eigenvalue weighted by molar-refractivity contribution is 5.90. The van der Waals surface area contributed by atoms with E-state index in [1.54, 1.807) is 43.3 Å². The second-order valence-electron chi connectivity index (χ2n) is 8.37. The molecule has 1 aromatic heterocycles. The first-order chi connectivity index (χ1) is 14.3. The van der Waals surface area contributed by atoms with Crippen LogP contribution in [0.2, 0.25) is 0 Å². The first-order valence-corrected chi connectivity index (χ1v) is 9.75. The third-order valence-electron chi connectivity index (χ3n) is 6.47. The molecule has 2 saturated heterocycles. The van der Waals surface area contributed by atoms with Crippen LogP contribution in [-0.2, 0) is 23.8 Å². The molecule has 2 aromatic rings. The van der Waals surface area contributed by atoms with Crippen LogP contribution >= 0.6 is 0 Å². The summed E-state index contributed by atoms with van der Waals surface area (Å²) >= 11 is 0. The highest BCUT2D eigenvalue weighted by Crippen LogP contribution is 2.59. The maximum atomic E-state index is 12.9. The summed E-state index contributed by atoms with van der Waals surface area (Å²) in [5, 5.41) is 11.4. The van der Waals surface area contributed by atoms with Crippen molar-refractivity contribution in [2.24, 2.45) is 11.3 Å². The minimum Gasteiger partial charge on any atom is -0.472 e. The highest BCUT2D eigenvalue weighted by Gasteiger charge is 2.72. The van der Waals surface area contributed by atoms with Gasteiger partial charge in [0.2, 0.25) is 0 Å². The Labute approximate surface area is 171 Å². The number of carbonyl (C=O) groups excluding carboxylic acids is 3. The number of benzene rings is 1. The van der Waals surface area contributed by atoms with Gasteiger partial charge in [0.25, 0.3) is 0 Å². The fourth-order valence-electron chi connectivity index (χ4n) is 5.15. The first-order valence-electron chi connectivity index (χ1n) is 9.75. The van der Waals surface area contributed by atoms with Crippen LogP contribution in [0.1, 0.15) is 41.8 Å². The summed E-state index contributed by atoms with van der Waals surface area (Å²) in [5.41, 5.74) is -2.45. The minimum atomic E-state index is -2.01. The number of rotatable bonds is 3. The minimum absolute atomic E-state index is 0.102. The van der Waals surface area contributed by atoms with Crippen LogP contribution in [0.15, 0.2) is 53.3 Å². The largest absolute Gasteiger partial charge is 0.472 e. The van der Waals surface area contributed by atoms with Crippen LogP contribution < -0.4 is 0 Å². The van der Waals surface area contributed by atoms with E-state index in [9.17, 15) is 19.5 Å². The Morgan fingerprint density at radius 1 is 1.10 bits per heavy atom. The molecule has 6 atom stereocenters. The number of hydrogen-bond acceptors (Lipinski definition) is 8. The van der Waals surface area contributed by atoms with Crippen molar-refractivity contribution in [3.05, 3.63) is 60.1 Å². The zero-order valence-electron chi connectivity index (χ0n) is 16.1. The summed E-state index contributed by atoms with van der Waals surface area (Å²) in [6.45, 7) is 1.64. The van der Waals surface area contributed by atoms with Crippen molar-refractivity contribution >= 4 is 17.9 Å². The van der Waals surface area contributed by atoms with Gasteiger partial charge in [0.15, 0.2) is 17.8 Å². The van der Waals surface area contributed by atoms with Gasteiger partial charge >= 0.3 is 17.9 Å². The molecule has 1 N–H and O–H groups in total. The van der Waals surface area contributed by atoms with Gasteiger partial charge in [0.05, 0.1) is 29.4 Å². The number of aliphatic hydroxyl groups is 1. The van der Waals surface area contributed by atoms with Crippen molar-refractivity contribution in [2.45, 2.75) is 43.7 Å². The van der Waals surface area contributed by atoms with E-state index in [4.69, 9.17) is 18.6 Å². The van der Waals surface area contributed by atoms with Crippen LogP contribution in [0.25, 0.3) is 0 Å². The molecule has 1 aliphatic carbocycles. The van der Waals surface area contributed by atoms with Gasteiger partial charge in [0.1, 0.15) is 6.10 Å². The van der Waals surface area contributed by atoms with Gasteiger partial charge in [-0.2, -0.15) is 0 Å². The van der Waals surface area contributed by atoms with E-state index in [1.807, 2.05) is 0 Å². The lowest BCUT2D eigenvalue weighted by Gasteiger charge is -2.52. The maximum Gasteiger partial charge on any atom is 0.339 e. The third-order valence-corrected chi connectivity index (χ3v) is 6.47. The summed E-state index contributed by atoms with van der Waals surface area (Å²) in [4.78, 5) is 38.5. The van der Waals surface area contributed by atoms with E-state index in [1.165, 1.54) is 12.5 Å². The summed E-state index contributed by atoms with van der Waals surface area (Å²) in [5.74, 6) is -3.06. The van der Waals surface area contributed by atoms with E-state index in [0.717, 1.165) is 0 Å². The molecule has 2 aliphatic heterocycles. The van der Waals surface area contributed by atoms with Crippen molar-refractivity contribution in [3.8, 4) is 0 Å². The molecule has 2 bridgehead atoms. The van der Waals surface area contributed by atoms with Gasteiger partial charge in [-0.15, -0.1) is 0 Å². The second-order valence-corrected chi connectivity index (χ2v) is 8.37. The predicted octanol–water partition coefficient (Wildman–Crippen LogP) is 2.18. The van der Waals surface area contributed by atoms with Gasteiger partial charge in [-0.25, -0.2) is 9.59 Å². The van der Waals surface area contributed by atoms with Crippen molar-refractivity contribution in [2.75, 3.05) is 0 Å². The molecule has 3 aliphatic rings. The summed E-state index contributed by atoms with van der Waals surface area (Å²) in [6, 6.07) is 9.94. The molecule has 8 nitrogen and oxygen atoms in total. The zero-order valence-corrected chi connectivity index (χ0v) is 16.1. The Bertz CT molecular complexity index is 999. The molecule has 0 unspecified atom stereocenters. The summed E-state index contributed by atoms with van der Waals surface area (Å²) in [7, 11) is 0. The topological polar surface area (TPSA) is 112 Å². The number of hydrogen-bond donors (Lipinski definition) is 1. The van der Waals surface area contributed by atoms with Crippen LogP contribution in [-0.4, -0.2) is 40.8 Å². The van der Waals surface area contributed by atoms with Crippen molar-refractivity contribution < 1.29 is 38.1 Å². The number of cyclic esters (lactones) is 1. The van der Waals surface area contributed by atoms with Crippen LogP contribution in [0.3, 0.4) is 0 Å². The fourth-order valence-corrected chi connectivity index (χ4v) is 5.15. The number of furan rings is 1. The number of esters is 3. The molecule has 1 aromatic carbocycles. The Hall–Kier alpha value is -3.13. The highest BCUT2D eigenvalue weighted by atomic mass is 16.6. The Balaban J connectivity index is 1.61. The lowest BCUT2D eigenvalue weighted by atomic mass is 9.57. The zero-order chi connectivity index (χ0) is 21.1. The van der Waals surface area contributed by atoms with Crippen LogP contribution in [0.5, 0.6) is 0 Å². The summed E-state index contributed by atoms with van der Waals surface area (Å²) < 4.78 is 21.9. The Kier molecular flexibility index (Phi) is 4.05. The molecule has 8 heteroatoms. The molecular weight excluding hydrogens is 392 g/mol. The number of carbonyl (C=O) groups is 3. The van der Waals surface area contributed by atoms with Crippen molar-refractivity contribution in [1.29, 1.82) is 0 Å². The molecule has 30 heavy (non-hydrogen) atoms. The number of fused-ring (bicyclic) bond motifs is 4. The monoisotopic (exact) mass is 412 g/mol. The van der Waals surface area contributed by atoms with E-state index in [-0.39, 0.29) is 6.42 Å². The molecule has 156 valence electrons. The molecule has 0 amide bonds. The molecule has 0 radical (unpaired) electrons. The normalized spacial score (nSPS) is 37.1. The van der Waals surface area contributed by atoms with E-state index in [2.05, 4.69) is 0 Å². The quantitative estimate of drug-likeness (QED) is 0.603. The predicted molar refractivity (Wildman–Crippen MR) is 98.8 cm³/mol. The Morgan fingerprint density at radius 2 is 1.87 bits per heavy atom. The first kappa shape index (κ1) is 18.9. The molecule has 1 saturated carbocycles. The van der Waals surface area contributed by atoms with E-state index >= 15 is 0 Å². The smallest absolute Gasteiger partial charge is 0.339 e.